The number of aryl methyl sites for hydroxylation is 2. The number of aliphatic hydroxyl groups excluding tert-OH is 1. The van der Waals surface area contributed by atoms with E-state index in [-0.39, 0.29) is 30.3 Å². The van der Waals surface area contributed by atoms with E-state index >= 15 is 0 Å². The first kappa shape index (κ1) is 20.2. The number of rotatable bonds is 5. The maximum atomic E-state index is 12.9. The van der Waals surface area contributed by atoms with Crippen molar-refractivity contribution in [1.82, 2.24) is 34.0 Å². The van der Waals surface area contributed by atoms with Crippen molar-refractivity contribution >= 4 is 39.9 Å². The Balaban J connectivity index is 1.26. The number of aromatic nitrogens is 6. The fourth-order valence-electron chi connectivity index (χ4n) is 4.47. The van der Waals surface area contributed by atoms with Gasteiger partial charge in [0, 0.05) is 26.1 Å². The van der Waals surface area contributed by atoms with Gasteiger partial charge in [-0.05, 0) is 25.5 Å². The lowest BCUT2D eigenvalue weighted by Gasteiger charge is -2.17. The Kier molecular flexibility index (Phi) is 4.89. The molecule has 2 atom stereocenters. The number of likely N-dealkylation sites (tertiary alicyclic amines) is 1. The predicted octanol–water partition coefficient (Wildman–Crippen LogP) is 0.873. The smallest absolute Gasteiger partial charge is 0.224 e. The molecule has 1 aromatic carbocycles. The van der Waals surface area contributed by atoms with Crippen LogP contribution in [-0.4, -0.2) is 64.2 Å². The number of nitrogen functional groups attached to an aromatic ring is 2. The van der Waals surface area contributed by atoms with Crippen LogP contribution in [0.15, 0.2) is 30.6 Å². The van der Waals surface area contributed by atoms with E-state index in [2.05, 4.69) is 24.5 Å². The quantitative estimate of drug-likeness (QED) is 0.417. The molecule has 3 aromatic heterocycles. The van der Waals surface area contributed by atoms with Gasteiger partial charge in [-0.3, -0.25) is 4.79 Å². The second kappa shape index (κ2) is 7.75. The Hall–Kier alpha value is -3.73. The van der Waals surface area contributed by atoms with Crippen LogP contribution in [0.25, 0.3) is 22.2 Å². The molecule has 5 rings (SSSR count). The normalized spacial score (nSPS) is 18.8. The van der Waals surface area contributed by atoms with Gasteiger partial charge in [-0.2, -0.15) is 9.97 Å². The first-order valence-electron chi connectivity index (χ1n) is 10.6. The van der Waals surface area contributed by atoms with E-state index in [4.69, 9.17) is 11.5 Å². The number of benzene rings is 1. The van der Waals surface area contributed by atoms with Gasteiger partial charge in [0.2, 0.25) is 11.9 Å². The highest BCUT2D eigenvalue weighted by Gasteiger charge is 2.36. The predicted molar refractivity (Wildman–Crippen MR) is 119 cm³/mol. The third-order valence-corrected chi connectivity index (χ3v) is 6.05. The maximum absolute atomic E-state index is 12.9. The SMILES string of the molecule is Cc1nc2ccccc2n1CCCC(=O)N1C[C@H](O)[C@@H](n2cnc3c(N)nc(N)nc32)C1. The molecule has 5 N–H and O–H groups in total. The van der Waals surface area contributed by atoms with Crippen LogP contribution < -0.4 is 11.5 Å². The molecule has 1 amide bonds. The summed E-state index contributed by atoms with van der Waals surface area (Å²) in [7, 11) is 0. The van der Waals surface area contributed by atoms with E-state index in [9.17, 15) is 9.90 Å². The summed E-state index contributed by atoms with van der Waals surface area (Å²) in [5, 5.41) is 10.6. The Bertz CT molecular complexity index is 1310. The molecule has 1 aliphatic heterocycles. The second-order valence-corrected chi connectivity index (χ2v) is 8.13. The van der Waals surface area contributed by atoms with Crippen molar-refractivity contribution in [3.8, 4) is 0 Å². The zero-order valence-corrected chi connectivity index (χ0v) is 17.7. The highest BCUT2D eigenvalue weighted by atomic mass is 16.3. The van der Waals surface area contributed by atoms with Gasteiger partial charge in [0.05, 0.1) is 29.5 Å². The minimum Gasteiger partial charge on any atom is -0.389 e. The Morgan fingerprint density at radius 3 is 2.84 bits per heavy atom. The molecule has 166 valence electrons. The molecular weight excluding hydrogens is 410 g/mol. The molecule has 1 aliphatic rings. The van der Waals surface area contributed by atoms with Crippen molar-refractivity contribution in [1.29, 1.82) is 0 Å². The number of β-amino-alcohol motifs (C(OH)–C–C–N with tert-alkyl or cyclic N) is 1. The van der Waals surface area contributed by atoms with Crippen LogP contribution >= 0.6 is 0 Å². The van der Waals surface area contributed by atoms with Gasteiger partial charge in [-0.15, -0.1) is 0 Å². The van der Waals surface area contributed by atoms with Gasteiger partial charge in [-0.25, -0.2) is 9.97 Å². The van der Waals surface area contributed by atoms with E-state index in [0.717, 1.165) is 16.9 Å². The minimum absolute atomic E-state index is 0.00620. The highest BCUT2D eigenvalue weighted by molar-refractivity contribution is 5.83. The lowest BCUT2D eigenvalue weighted by atomic mass is 10.2. The summed E-state index contributed by atoms with van der Waals surface area (Å²) < 4.78 is 3.86. The van der Waals surface area contributed by atoms with Gasteiger partial charge in [-0.1, -0.05) is 12.1 Å². The standard InChI is InChI=1S/C21H25N9O2/c1-12-25-13-5-2-3-6-14(13)29(12)8-4-7-17(32)28-9-15(16(31)10-28)30-11-24-18-19(22)26-21(23)27-20(18)30/h2-3,5-6,11,15-16,31H,4,7-10H2,1H3,(H4,22,23,26,27)/t15-,16-/m0/s1. The molecule has 32 heavy (non-hydrogen) atoms. The first-order valence-corrected chi connectivity index (χ1v) is 10.6. The number of hydrogen-bond acceptors (Lipinski definition) is 8. The minimum atomic E-state index is -0.742. The van der Waals surface area contributed by atoms with E-state index < -0.39 is 6.10 Å². The number of carbonyl (C=O) groups excluding carboxylic acids is 1. The average Bonchev–Trinajstić information content (AvgIpc) is 3.43. The monoisotopic (exact) mass is 435 g/mol. The molecule has 4 aromatic rings. The van der Waals surface area contributed by atoms with Crippen LogP contribution in [0.1, 0.15) is 24.7 Å². The van der Waals surface area contributed by atoms with Gasteiger partial charge in [0.15, 0.2) is 11.5 Å². The van der Waals surface area contributed by atoms with E-state index in [1.165, 1.54) is 0 Å². The topological polar surface area (TPSA) is 154 Å². The molecule has 0 bridgehead atoms. The number of amides is 1. The molecule has 4 heterocycles. The van der Waals surface area contributed by atoms with Crippen molar-refractivity contribution in [2.45, 2.75) is 38.5 Å². The van der Waals surface area contributed by atoms with Crippen LogP contribution in [0.4, 0.5) is 11.8 Å². The number of hydrogen-bond donors (Lipinski definition) is 3. The Labute approximate surface area is 183 Å². The van der Waals surface area contributed by atoms with Crippen molar-refractivity contribution in [3.05, 3.63) is 36.4 Å². The number of nitrogens with zero attached hydrogens (tertiary/aromatic N) is 7. The lowest BCUT2D eigenvalue weighted by molar-refractivity contribution is -0.130. The fraction of sp³-hybridized carbons (Fsp3) is 0.381. The summed E-state index contributed by atoms with van der Waals surface area (Å²) in [5.41, 5.74) is 14.5. The van der Waals surface area contributed by atoms with E-state index in [1.54, 1.807) is 15.8 Å². The van der Waals surface area contributed by atoms with Crippen molar-refractivity contribution in [2.75, 3.05) is 24.6 Å². The number of carbonyl (C=O) groups is 1. The van der Waals surface area contributed by atoms with Crippen LogP contribution in [0.5, 0.6) is 0 Å². The van der Waals surface area contributed by atoms with Crippen LogP contribution in [-0.2, 0) is 11.3 Å². The molecule has 11 heteroatoms. The summed E-state index contributed by atoms with van der Waals surface area (Å²) in [6.45, 7) is 3.30. The zero-order chi connectivity index (χ0) is 22.4. The number of anilines is 2. The number of nitrogens with two attached hydrogens (primary N) is 2. The second-order valence-electron chi connectivity index (χ2n) is 8.13. The molecule has 0 spiro atoms. The van der Waals surface area contributed by atoms with Crippen LogP contribution in [0.2, 0.25) is 0 Å². The average molecular weight is 435 g/mol. The van der Waals surface area contributed by atoms with Crippen LogP contribution in [0, 0.1) is 6.92 Å². The molecule has 0 unspecified atom stereocenters. The number of imidazole rings is 2. The lowest BCUT2D eigenvalue weighted by Crippen LogP contribution is -2.29. The van der Waals surface area contributed by atoms with Crippen LogP contribution in [0.3, 0.4) is 0 Å². The number of aliphatic hydroxyl groups is 1. The van der Waals surface area contributed by atoms with Gasteiger partial charge in [0.1, 0.15) is 11.3 Å². The molecule has 11 nitrogen and oxygen atoms in total. The van der Waals surface area contributed by atoms with Crippen molar-refractivity contribution < 1.29 is 9.90 Å². The number of fused-ring (bicyclic) bond motifs is 2. The maximum Gasteiger partial charge on any atom is 0.224 e. The first-order chi connectivity index (χ1) is 15.4. The summed E-state index contributed by atoms with van der Waals surface area (Å²) in [4.78, 5) is 31.5. The summed E-state index contributed by atoms with van der Waals surface area (Å²) >= 11 is 0. The van der Waals surface area contributed by atoms with Gasteiger partial charge < -0.3 is 30.6 Å². The molecular formula is C21H25N9O2. The van der Waals surface area contributed by atoms with E-state index in [1.807, 2.05) is 31.2 Å². The third-order valence-electron chi connectivity index (χ3n) is 6.05. The summed E-state index contributed by atoms with van der Waals surface area (Å²) in [6, 6.07) is 7.61. The molecule has 0 radical (unpaired) electrons. The fourth-order valence-corrected chi connectivity index (χ4v) is 4.47. The number of para-hydroxylation sites is 2. The molecule has 1 fully saturated rings. The molecule has 0 aliphatic carbocycles. The zero-order valence-electron chi connectivity index (χ0n) is 17.7. The molecule has 1 saturated heterocycles. The Morgan fingerprint density at radius 2 is 2.00 bits per heavy atom. The molecule has 0 saturated carbocycles. The van der Waals surface area contributed by atoms with Crippen molar-refractivity contribution in [3.63, 3.8) is 0 Å². The summed E-state index contributed by atoms with van der Waals surface area (Å²) in [5.74, 6) is 1.17. The van der Waals surface area contributed by atoms with E-state index in [0.29, 0.717) is 37.1 Å². The largest absolute Gasteiger partial charge is 0.389 e. The summed E-state index contributed by atoms with van der Waals surface area (Å²) in [6.07, 6.45) is 1.89. The van der Waals surface area contributed by atoms with Crippen molar-refractivity contribution in [2.24, 2.45) is 0 Å². The Morgan fingerprint density at radius 1 is 1.19 bits per heavy atom. The van der Waals surface area contributed by atoms with Gasteiger partial charge >= 0.3 is 0 Å². The highest BCUT2D eigenvalue weighted by Crippen LogP contribution is 2.28. The third kappa shape index (κ3) is 3.40. The van der Waals surface area contributed by atoms with Gasteiger partial charge in [0.25, 0.3) is 0 Å².